The van der Waals surface area contributed by atoms with E-state index in [4.69, 9.17) is 14.6 Å². The Bertz CT molecular complexity index is 331. The molecule has 0 unspecified atom stereocenters. The Hall–Kier alpha value is -1.33. The summed E-state index contributed by atoms with van der Waals surface area (Å²) in [6.45, 7) is -0.489. The third kappa shape index (κ3) is 3.34. The number of hydrogen-bond acceptors (Lipinski definition) is 8. The fourth-order valence-electron chi connectivity index (χ4n) is 1.38. The van der Waals surface area contributed by atoms with E-state index in [1.807, 2.05) is 0 Å². The standard InChI is InChI=1S/C8H14N2O8/c1-10(16)9-2-17-8-5(13)3(11)4(12)6(18-8)7(14)15/h3-6,8,11-13H,2H2,1H3,(H,14,15)/b10-9-/t3-,4-,5+,6-,8+/m0/s1. The zero-order valence-electron chi connectivity index (χ0n) is 9.41. The summed E-state index contributed by atoms with van der Waals surface area (Å²) in [5.74, 6) is -1.51. The fraction of sp³-hybridized carbons (Fsp3) is 0.875. The molecule has 5 atom stereocenters. The van der Waals surface area contributed by atoms with Gasteiger partial charge in [-0.05, 0) is 5.11 Å². The van der Waals surface area contributed by atoms with Crippen LogP contribution in [-0.2, 0) is 14.3 Å². The van der Waals surface area contributed by atoms with Crippen LogP contribution < -0.4 is 0 Å². The van der Waals surface area contributed by atoms with Gasteiger partial charge in [-0.25, -0.2) is 4.79 Å². The van der Waals surface area contributed by atoms with E-state index in [-0.39, 0.29) is 4.86 Å². The molecule has 1 saturated heterocycles. The maximum absolute atomic E-state index is 10.7. The maximum atomic E-state index is 10.7. The highest BCUT2D eigenvalue weighted by Crippen LogP contribution is 2.22. The molecular weight excluding hydrogens is 252 g/mol. The topological polar surface area (TPSA) is 155 Å². The van der Waals surface area contributed by atoms with E-state index in [0.29, 0.717) is 0 Å². The number of aliphatic hydroxyl groups is 3. The molecule has 0 radical (unpaired) electrons. The second-order valence-electron chi connectivity index (χ2n) is 3.64. The van der Waals surface area contributed by atoms with Crippen LogP contribution in [0, 0.1) is 5.21 Å². The van der Waals surface area contributed by atoms with Gasteiger partial charge >= 0.3 is 5.97 Å². The predicted molar refractivity (Wildman–Crippen MR) is 52.2 cm³/mol. The summed E-state index contributed by atoms with van der Waals surface area (Å²) in [5, 5.41) is 50.7. The number of nitrogens with zero attached hydrogens (tertiary/aromatic N) is 2. The molecule has 1 rings (SSSR count). The molecule has 0 aromatic carbocycles. The van der Waals surface area contributed by atoms with Crippen LogP contribution in [0.15, 0.2) is 5.11 Å². The van der Waals surface area contributed by atoms with Crippen molar-refractivity contribution in [2.75, 3.05) is 13.8 Å². The molecule has 10 nitrogen and oxygen atoms in total. The van der Waals surface area contributed by atoms with Gasteiger partial charge in [-0.1, -0.05) is 4.86 Å². The number of azo groups is 1. The number of carbonyl (C=O) groups is 1. The van der Waals surface area contributed by atoms with Crippen molar-refractivity contribution in [2.24, 2.45) is 5.11 Å². The number of ether oxygens (including phenoxy) is 2. The van der Waals surface area contributed by atoms with Gasteiger partial charge in [-0.3, -0.25) is 0 Å². The third-order valence-corrected chi connectivity index (χ3v) is 2.31. The zero-order chi connectivity index (χ0) is 13.9. The molecule has 4 N–H and O–H groups in total. The monoisotopic (exact) mass is 266 g/mol. The number of carboxylic acid groups (broad SMARTS) is 1. The number of hydrogen-bond donors (Lipinski definition) is 4. The third-order valence-electron chi connectivity index (χ3n) is 2.31. The molecule has 0 aliphatic carbocycles. The van der Waals surface area contributed by atoms with E-state index in [2.05, 4.69) is 5.11 Å². The number of carboxylic acids is 1. The highest BCUT2D eigenvalue weighted by molar-refractivity contribution is 5.73. The maximum Gasteiger partial charge on any atom is 0.335 e. The van der Waals surface area contributed by atoms with Crippen molar-refractivity contribution in [2.45, 2.75) is 30.7 Å². The van der Waals surface area contributed by atoms with Crippen LogP contribution in [0.2, 0.25) is 0 Å². The molecule has 18 heavy (non-hydrogen) atoms. The highest BCUT2D eigenvalue weighted by atomic mass is 16.7. The number of aliphatic carboxylic acids is 1. The summed E-state index contributed by atoms with van der Waals surface area (Å²) in [6, 6.07) is 0. The summed E-state index contributed by atoms with van der Waals surface area (Å²) in [5.41, 5.74) is 0. The lowest BCUT2D eigenvalue weighted by Crippen LogP contribution is -2.60. The van der Waals surface area contributed by atoms with Gasteiger partial charge in [0.15, 0.2) is 19.4 Å². The zero-order valence-corrected chi connectivity index (χ0v) is 9.41. The van der Waals surface area contributed by atoms with Crippen molar-refractivity contribution >= 4 is 5.97 Å². The molecule has 0 amide bonds. The molecule has 1 fully saturated rings. The van der Waals surface area contributed by atoms with Gasteiger partial charge < -0.3 is 35.1 Å². The molecule has 0 aromatic heterocycles. The van der Waals surface area contributed by atoms with Crippen molar-refractivity contribution < 1.29 is 39.6 Å². The van der Waals surface area contributed by atoms with Crippen LogP contribution >= 0.6 is 0 Å². The van der Waals surface area contributed by atoms with Crippen LogP contribution in [0.5, 0.6) is 0 Å². The Labute approximate surface area is 101 Å². The van der Waals surface area contributed by atoms with Crippen molar-refractivity contribution in [3.8, 4) is 0 Å². The first-order chi connectivity index (χ1) is 8.34. The average Bonchev–Trinajstić information content (AvgIpc) is 2.28. The lowest BCUT2D eigenvalue weighted by Gasteiger charge is -2.37. The fourth-order valence-corrected chi connectivity index (χ4v) is 1.38. The van der Waals surface area contributed by atoms with Gasteiger partial charge in [0, 0.05) is 0 Å². The first-order valence-electron chi connectivity index (χ1n) is 4.97. The van der Waals surface area contributed by atoms with Gasteiger partial charge in [0.25, 0.3) is 0 Å². The molecule has 0 saturated carbocycles. The lowest BCUT2D eigenvalue weighted by molar-refractivity contribution is -0.505. The van der Waals surface area contributed by atoms with Gasteiger partial charge in [0.2, 0.25) is 6.73 Å². The van der Waals surface area contributed by atoms with E-state index in [9.17, 15) is 25.3 Å². The lowest BCUT2D eigenvalue weighted by atomic mass is 9.99. The minimum Gasteiger partial charge on any atom is -0.600 e. The van der Waals surface area contributed by atoms with Crippen LogP contribution in [0.25, 0.3) is 0 Å². The predicted octanol–water partition coefficient (Wildman–Crippen LogP) is -2.55. The summed E-state index contributed by atoms with van der Waals surface area (Å²) >= 11 is 0. The van der Waals surface area contributed by atoms with Gasteiger partial charge in [0.05, 0.1) is 0 Å². The van der Waals surface area contributed by atoms with E-state index < -0.39 is 43.4 Å². The van der Waals surface area contributed by atoms with E-state index >= 15 is 0 Å². The molecule has 1 aliphatic rings. The van der Waals surface area contributed by atoms with Gasteiger partial charge in [-0.15, -0.1) is 0 Å². The van der Waals surface area contributed by atoms with Crippen LogP contribution in [0.1, 0.15) is 0 Å². The summed E-state index contributed by atoms with van der Waals surface area (Å²) in [6.07, 6.45) is -8.42. The smallest absolute Gasteiger partial charge is 0.335 e. The van der Waals surface area contributed by atoms with Gasteiger partial charge in [-0.2, -0.15) is 0 Å². The Morgan fingerprint density at radius 3 is 2.50 bits per heavy atom. The molecule has 0 bridgehead atoms. The normalized spacial score (nSPS) is 37.6. The Balaban J connectivity index is 2.67. The van der Waals surface area contributed by atoms with Crippen LogP contribution in [0.4, 0.5) is 0 Å². The highest BCUT2D eigenvalue weighted by Gasteiger charge is 2.47. The van der Waals surface area contributed by atoms with Crippen molar-refractivity contribution in [3.05, 3.63) is 5.21 Å². The molecular formula is C8H14N2O8. The Morgan fingerprint density at radius 1 is 1.39 bits per heavy atom. The minimum atomic E-state index is -1.78. The summed E-state index contributed by atoms with van der Waals surface area (Å²) in [7, 11) is 1.10. The number of hydroxylamine groups is 1. The minimum absolute atomic E-state index is 0.204. The largest absolute Gasteiger partial charge is 0.600 e. The molecule has 10 heteroatoms. The molecule has 0 spiro atoms. The second kappa shape index (κ2) is 6.02. The first-order valence-corrected chi connectivity index (χ1v) is 4.97. The van der Waals surface area contributed by atoms with Gasteiger partial charge in [0.1, 0.15) is 18.3 Å². The molecule has 104 valence electrons. The second-order valence-corrected chi connectivity index (χ2v) is 3.64. The number of aliphatic hydroxyl groups excluding tert-OH is 3. The van der Waals surface area contributed by atoms with E-state index in [0.717, 1.165) is 7.05 Å². The summed E-state index contributed by atoms with van der Waals surface area (Å²) in [4.78, 5) is 10.9. The quantitative estimate of drug-likeness (QED) is 0.246. The molecule has 1 heterocycles. The van der Waals surface area contributed by atoms with E-state index in [1.54, 1.807) is 0 Å². The molecule has 1 aliphatic heterocycles. The van der Waals surface area contributed by atoms with Crippen molar-refractivity contribution in [1.29, 1.82) is 0 Å². The Kier molecular flexibility index (Phi) is 4.93. The SMILES string of the molecule is C/[N+]([O-])=N/CO[C@@H]1O[C@H](C(=O)O)[C@@H](O)[C@H](O)[C@H]1O. The number of rotatable bonds is 4. The van der Waals surface area contributed by atoms with Crippen molar-refractivity contribution in [1.82, 2.24) is 0 Å². The average molecular weight is 266 g/mol. The van der Waals surface area contributed by atoms with Crippen LogP contribution in [-0.4, -0.2) is 75.7 Å². The first kappa shape index (κ1) is 14.7. The van der Waals surface area contributed by atoms with Crippen molar-refractivity contribution in [3.63, 3.8) is 0 Å². The summed E-state index contributed by atoms with van der Waals surface area (Å²) < 4.78 is 9.55. The van der Waals surface area contributed by atoms with Crippen LogP contribution in [0.3, 0.4) is 0 Å². The molecule has 0 aromatic rings. The Morgan fingerprint density at radius 2 is 2.00 bits per heavy atom. The van der Waals surface area contributed by atoms with E-state index in [1.165, 1.54) is 0 Å².